The van der Waals surface area contributed by atoms with E-state index >= 15 is 0 Å². The average Bonchev–Trinajstić information content (AvgIpc) is 2.64. The van der Waals surface area contributed by atoms with E-state index in [-0.39, 0.29) is 30.1 Å². The van der Waals surface area contributed by atoms with Crippen molar-refractivity contribution < 1.29 is 19.2 Å². The second-order valence-electron chi connectivity index (χ2n) is 7.22. The number of nitro groups is 1. The van der Waals surface area contributed by atoms with Crippen molar-refractivity contribution in [1.29, 1.82) is 0 Å². The minimum absolute atomic E-state index is 0.0612. The van der Waals surface area contributed by atoms with Crippen molar-refractivity contribution in [2.75, 3.05) is 13.2 Å². The molecule has 0 unspecified atom stereocenters. The SMILES string of the molecule is CCOC(=O)COc1cc(SCc2ccc(C(C)(C)C)cc2)ccc1[N+](=O)[O-]. The summed E-state index contributed by atoms with van der Waals surface area (Å²) in [5, 5.41) is 11.2. The third-order valence-electron chi connectivity index (χ3n) is 4.00. The van der Waals surface area contributed by atoms with Gasteiger partial charge in [-0.3, -0.25) is 10.1 Å². The topological polar surface area (TPSA) is 78.7 Å². The lowest BCUT2D eigenvalue weighted by molar-refractivity contribution is -0.385. The molecule has 0 aliphatic carbocycles. The maximum absolute atomic E-state index is 11.5. The number of hydrogen-bond acceptors (Lipinski definition) is 6. The van der Waals surface area contributed by atoms with Gasteiger partial charge in [0, 0.05) is 22.8 Å². The molecule has 0 saturated heterocycles. The van der Waals surface area contributed by atoms with Gasteiger partial charge in [-0.05, 0) is 29.5 Å². The van der Waals surface area contributed by atoms with Gasteiger partial charge in [-0.25, -0.2) is 4.79 Å². The normalized spacial score (nSPS) is 11.1. The van der Waals surface area contributed by atoms with Crippen LogP contribution in [0.4, 0.5) is 5.69 Å². The highest BCUT2D eigenvalue weighted by molar-refractivity contribution is 7.98. The third kappa shape index (κ3) is 6.27. The van der Waals surface area contributed by atoms with Gasteiger partial charge < -0.3 is 9.47 Å². The first-order chi connectivity index (χ1) is 13.2. The monoisotopic (exact) mass is 403 g/mol. The van der Waals surface area contributed by atoms with Crippen LogP contribution in [0.25, 0.3) is 0 Å². The van der Waals surface area contributed by atoms with Gasteiger partial charge in [0.15, 0.2) is 12.4 Å². The Labute approximate surface area is 169 Å². The van der Waals surface area contributed by atoms with E-state index in [2.05, 4.69) is 45.0 Å². The minimum Gasteiger partial charge on any atom is -0.475 e. The third-order valence-corrected chi connectivity index (χ3v) is 5.07. The summed E-state index contributed by atoms with van der Waals surface area (Å²) in [6.07, 6.45) is 0. The molecule has 0 radical (unpaired) electrons. The Morgan fingerprint density at radius 2 is 1.82 bits per heavy atom. The van der Waals surface area contributed by atoms with E-state index in [1.165, 1.54) is 11.6 Å². The molecule has 0 aliphatic heterocycles. The summed E-state index contributed by atoms with van der Waals surface area (Å²) in [5.74, 6) is 0.222. The number of carbonyl (C=O) groups is 1. The standard InChI is InChI=1S/C21H25NO5S/c1-5-26-20(23)13-27-19-12-17(10-11-18(19)22(24)25)28-14-15-6-8-16(9-7-15)21(2,3)4/h6-12H,5,13-14H2,1-4H3. The zero-order valence-corrected chi connectivity index (χ0v) is 17.4. The Morgan fingerprint density at radius 3 is 2.39 bits per heavy atom. The van der Waals surface area contributed by atoms with Gasteiger partial charge in [0.05, 0.1) is 11.5 Å². The number of ether oxygens (including phenoxy) is 2. The highest BCUT2D eigenvalue weighted by Crippen LogP contribution is 2.33. The first kappa shape index (κ1) is 21.8. The van der Waals surface area contributed by atoms with Gasteiger partial charge in [0.2, 0.25) is 0 Å². The molecule has 150 valence electrons. The predicted molar refractivity (Wildman–Crippen MR) is 110 cm³/mol. The van der Waals surface area contributed by atoms with E-state index in [1.807, 2.05) is 0 Å². The molecule has 7 heteroatoms. The van der Waals surface area contributed by atoms with Crippen LogP contribution in [-0.2, 0) is 20.7 Å². The van der Waals surface area contributed by atoms with E-state index in [0.717, 1.165) is 16.2 Å². The van der Waals surface area contributed by atoms with E-state index < -0.39 is 10.9 Å². The fourth-order valence-corrected chi connectivity index (χ4v) is 3.34. The Kier molecular flexibility index (Phi) is 7.45. The van der Waals surface area contributed by atoms with Gasteiger partial charge in [0.25, 0.3) is 0 Å². The molecule has 0 amide bonds. The Hall–Kier alpha value is -2.54. The van der Waals surface area contributed by atoms with Gasteiger partial charge in [-0.2, -0.15) is 0 Å². The summed E-state index contributed by atoms with van der Waals surface area (Å²) in [6.45, 7) is 8.07. The summed E-state index contributed by atoms with van der Waals surface area (Å²) < 4.78 is 10.1. The fourth-order valence-electron chi connectivity index (χ4n) is 2.46. The van der Waals surface area contributed by atoms with Crippen LogP contribution in [0, 0.1) is 10.1 Å². The smallest absolute Gasteiger partial charge is 0.344 e. The first-order valence-corrected chi connectivity index (χ1v) is 9.98. The van der Waals surface area contributed by atoms with Crippen molar-refractivity contribution in [2.45, 2.75) is 43.8 Å². The number of hydrogen-bond donors (Lipinski definition) is 0. The Bertz CT molecular complexity index is 828. The molecule has 0 atom stereocenters. The fraction of sp³-hybridized carbons (Fsp3) is 0.381. The lowest BCUT2D eigenvalue weighted by Crippen LogP contribution is -2.15. The van der Waals surface area contributed by atoms with Gasteiger partial charge in [0.1, 0.15) is 0 Å². The Morgan fingerprint density at radius 1 is 1.14 bits per heavy atom. The van der Waals surface area contributed by atoms with Gasteiger partial charge in [-0.1, -0.05) is 45.0 Å². The quantitative estimate of drug-likeness (QED) is 0.263. The highest BCUT2D eigenvalue weighted by atomic mass is 32.2. The molecule has 0 aliphatic rings. The minimum atomic E-state index is -0.561. The molecule has 0 aromatic heterocycles. The molecule has 2 rings (SSSR count). The molecular formula is C21H25NO5S. The van der Waals surface area contributed by atoms with E-state index in [4.69, 9.17) is 9.47 Å². The van der Waals surface area contributed by atoms with Crippen molar-refractivity contribution in [1.82, 2.24) is 0 Å². The lowest BCUT2D eigenvalue weighted by atomic mass is 9.87. The summed E-state index contributed by atoms with van der Waals surface area (Å²) in [4.78, 5) is 23.0. The average molecular weight is 404 g/mol. The van der Waals surface area contributed by atoms with E-state index in [1.54, 1.807) is 30.8 Å². The molecule has 0 heterocycles. The molecular weight excluding hydrogens is 378 g/mol. The number of nitrogens with zero attached hydrogens (tertiary/aromatic N) is 1. The van der Waals surface area contributed by atoms with Crippen molar-refractivity contribution in [3.8, 4) is 5.75 Å². The van der Waals surface area contributed by atoms with Crippen LogP contribution in [-0.4, -0.2) is 24.1 Å². The first-order valence-electron chi connectivity index (χ1n) is 8.99. The molecule has 28 heavy (non-hydrogen) atoms. The second kappa shape index (κ2) is 9.59. The molecule has 0 saturated carbocycles. The zero-order chi connectivity index (χ0) is 20.7. The van der Waals surface area contributed by atoms with E-state index in [9.17, 15) is 14.9 Å². The molecule has 6 nitrogen and oxygen atoms in total. The number of thioether (sulfide) groups is 1. The molecule has 0 fully saturated rings. The van der Waals surface area contributed by atoms with E-state index in [0.29, 0.717) is 0 Å². The summed E-state index contributed by atoms with van der Waals surface area (Å²) in [7, 11) is 0. The van der Waals surface area contributed by atoms with Gasteiger partial charge in [-0.15, -0.1) is 11.8 Å². The van der Waals surface area contributed by atoms with Crippen LogP contribution < -0.4 is 4.74 Å². The molecule has 0 bridgehead atoms. The summed E-state index contributed by atoms with van der Waals surface area (Å²) in [5.41, 5.74) is 2.36. The van der Waals surface area contributed by atoms with Crippen LogP contribution in [0.1, 0.15) is 38.8 Å². The molecule has 2 aromatic rings. The molecule has 2 aromatic carbocycles. The van der Waals surface area contributed by atoms with Crippen LogP contribution in [0.15, 0.2) is 47.4 Å². The maximum Gasteiger partial charge on any atom is 0.344 e. The number of esters is 1. The van der Waals surface area contributed by atoms with Crippen molar-refractivity contribution in [3.63, 3.8) is 0 Å². The highest BCUT2D eigenvalue weighted by Gasteiger charge is 2.18. The number of nitro benzene ring substituents is 1. The van der Waals surface area contributed by atoms with Crippen LogP contribution >= 0.6 is 11.8 Å². The summed E-state index contributed by atoms with van der Waals surface area (Å²) in [6, 6.07) is 13.1. The van der Waals surface area contributed by atoms with Crippen molar-refractivity contribution >= 4 is 23.4 Å². The molecule has 0 N–H and O–H groups in total. The lowest BCUT2D eigenvalue weighted by Gasteiger charge is -2.19. The number of carbonyl (C=O) groups excluding carboxylic acids is 1. The van der Waals surface area contributed by atoms with Crippen LogP contribution in [0.5, 0.6) is 5.75 Å². The number of rotatable bonds is 8. The maximum atomic E-state index is 11.5. The van der Waals surface area contributed by atoms with Crippen molar-refractivity contribution in [3.05, 3.63) is 63.7 Å². The van der Waals surface area contributed by atoms with Crippen LogP contribution in [0.2, 0.25) is 0 Å². The second-order valence-corrected chi connectivity index (χ2v) is 8.26. The number of benzene rings is 2. The largest absolute Gasteiger partial charge is 0.475 e. The molecule has 0 spiro atoms. The van der Waals surface area contributed by atoms with Gasteiger partial charge >= 0.3 is 11.7 Å². The summed E-state index contributed by atoms with van der Waals surface area (Å²) >= 11 is 1.55. The van der Waals surface area contributed by atoms with Crippen molar-refractivity contribution in [2.24, 2.45) is 0 Å². The zero-order valence-electron chi connectivity index (χ0n) is 16.6. The van der Waals surface area contributed by atoms with Crippen LogP contribution in [0.3, 0.4) is 0 Å². The predicted octanol–water partition coefficient (Wildman–Crippen LogP) is 5.13. The Balaban J connectivity index is 2.08.